The Kier molecular flexibility index (Phi) is 4.49. The molecule has 1 aliphatic rings. The van der Waals surface area contributed by atoms with Crippen LogP contribution in [0.4, 0.5) is 5.82 Å². The monoisotopic (exact) mass is 352 g/mol. The number of anilines is 1. The van der Waals surface area contributed by atoms with Gasteiger partial charge >= 0.3 is 0 Å². The molecular weight excluding hydrogens is 332 g/mol. The van der Waals surface area contributed by atoms with Gasteiger partial charge in [0.05, 0.1) is 18.7 Å². The van der Waals surface area contributed by atoms with Gasteiger partial charge in [0.25, 0.3) is 5.91 Å². The Balaban J connectivity index is 1.48. The summed E-state index contributed by atoms with van der Waals surface area (Å²) in [5.41, 5.74) is 2.27. The first-order valence-corrected chi connectivity index (χ1v) is 8.55. The van der Waals surface area contributed by atoms with Crippen LogP contribution in [0.3, 0.4) is 0 Å². The molecule has 8 heteroatoms. The molecule has 1 fully saturated rings. The van der Waals surface area contributed by atoms with Crippen LogP contribution >= 0.6 is 0 Å². The fourth-order valence-corrected chi connectivity index (χ4v) is 3.05. The first-order valence-electron chi connectivity index (χ1n) is 8.55. The van der Waals surface area contributed by atoms with Gasteiger partial charge in [0.15, 0.2) is 0 Å². The van der Waals surface area contributed by atoms with Gasteiger partial charge in [-0.05, 0) is 37.1 Å². The summed E-state index contributed by atoms with van der Waals surface area (Å²) in [7, 11) is 0. The molecule has 1 saturated heterocycles. The second-order valence-corrected chi connectivity index (χ2v) is 6.38. The van der Waals surface area contributed by atoms with Crippen molar-refractivity contribution in [3.63, 3.8) is 0 Å². The summed E-state index contributed by atoms with van der Waals surface area (Å²) in [4.78, 5) is 25.2. The molecule has 0 aromatic carbocycles. The van der Waals surface area contributed by atoms with Crippen LogP contribution < -0.4 is 10.6 Å². The topological polar surface area (TPSA) is 93.4 Å². The van der Waals surface area contributed by atoms with Crippen LogP contribution in [0.2, 0.25) is 0 Å². The molecule has 0 aliphatic carbocycles. The number of hydrogen-bond donors (Lipinski definition) is 2. The van der Waals surface area contributed by atoms with Crippen LogP contribution in [0.1, 0.15) is 22.5 Å². The van der Waals surface area contributed by atoms with E-state index in [9.17, 15) is 4.79 Å². The van der Waals surface area contributed by atoms with Crippen molar-refractivity contribution in [3.8, 4) is 0 Å². The number of nitrogens with zero attached hydrogens (tertiary/aromatic N) is 4. The van der Waals surface area contributed by atoms with Gasteiger partial charge in [-0.25, -0.2) is 15.0 Å². The number of fused-ring (bicyclic) bond motifs is 1. The number of carbonyl (C=O) groups is 1. The Labute approximate surface area is 150 Å². The van der Waals surface area contributed by atoms with E-state index in [1.54, 1.807) is 18.5 Å². The van der Waals surface area contributed by atoms with Crippen molar-refractivity contribution in [3.05, 3.63) is 54.4 Å². The van der Waals surface area contributed by atoms with Crippen molar-refractivity contribution >= 4 is 17.4 Å². The van der Waals surface area contributed by atoms with Gasteiger partial charge in [-0.2, -0.15) is 0 Å². The van der Waals surface area contributed by atoms with E-state index in [0.29, 0.717) is 24.7 Å². The van der Waals surface area contributed by atoms with E-state index in [4.69, 9.17) is 4.74 Å². The second-order valence-electron chi connectivity index (χ2n) is 6.38. The third-order valence-electron chi connectivity index (χ3n) is 4.44. The van der Waals surface area contributed by atoms with Crippen LogP contribution in [0.5, 0.6) is 0 Å². The molecule has 4 heterocycles. The highest BCUT2D eigenvalue weighted by Gasteiger charge is 2.28. The number of aryl methyl sites for hydroxylation is 1. The number of nitrogens with one attached hydrogen (secondary N) is 2. The van der Waals surface area contributed by atoms with Gasteiger partial charge in [0, 0.05) is 25.2 Å². The maximum absolute atomic E-state index is 12.7. The van der Waals surface area contributed by atoms with E-state index >= 15 is 0 Å². The number of amides is 1. The van der Waals surface area contributed by atoms with Crippen molar-refractivity contribution in [2.45, 2.75) is 25.4 Å². The van der Waals surface area contributed by atoms with Crippen LogP contribution in [-0.4, -0.2) is 50.6 Å². The fourth-order valence-electron chi connectivity index (χ4n) is 3.05. The van der Waals surface area contributed by atoms with Crippen LogP contribution in [0.15, 0.2) is 43.1 Å². The zero-order chi connectivity index (χ0) is 17.9. The molecule has 1 aliphatic heterocycles. The normalized spacial score (nSPS) is 20.0. The lowest BCUT2D eigenvalue weighted by Crippen LogP contribution is -2.52. The maximum Gasteiger partial charge on any atom is 0.271 e. The van der Waals surface area contributed by atoms with Crippen LogP contribution in [0, 0.1) is 6.92 Å². The van der Waals surface area contributed by atoms with Gasteiger partial charge in [0.2, 0.25) is 0 Å². The molecule has 3 aromatic rings. The second kappa shape index (κ2) is 7.09. The van der Waals surface area contributed by atoms with Gasteiger partial charge in [-0.1, -0.05) is 0 Å². The van der Waals surface area contributed by atoms with E-state index in [2.05, 4.69) is 25.6 Å². The average Bonchev–Trinajstić information content (AvgIpc) is 3.07. The average molecular weight is 352 g/mol. The first kappa shape index (κ1) is 16.5. The number of rotatable bonds is 4. The standard InChI is InChI=1S/C18H20N6O2/c1-12-3-6-24-9-14(22-17(24)8-12)18(25)23-13-4-7-26-10-15(13)21-16-2-5-19-11-20-16/h2-3,5-6,8-9,11,13,15H,4,7,10H2,1H3,(H,23,25)(H,19,20,21)/t13-,15+/m0/s1. The summed E-state index contributed by atoms with van der Waals surface area (Å²) in [6.07, 6.45) is 7.53. The van der Waals surface area contributed by atoms with Crippen LogP contribution in [0.25, 0.3) is 5.65 Å². The number of ether oxygens (including phenoxy) is 1. The van der Waals surface area contributed by atoms with Crippen LogP contribution in [-0.2, 0) is 4.74 Å². The van der Waals surface area contributed by atoms with Gasteiger partial charge in [0.1, 0.15) is 23.5 Å². The van der Waals surface area contributed by atoms with E-state index in [1.165, 1.54) is 6.33 Å². The van der Waals surface area contributed by atoms with Crippen molar-refractivity contribution in [1.29, 1.82) is 0 Å². The molecule has 0 radical (unpaired) electrons. The molecular formula is C18H20N6O2. The Bertz CT molecular complexity index is 910. The zero-order valence-electron chi connectivity index (χ0n) is 14.4. The number of imidazole rings is 1. The number of pyridine rings is 1. The smallest absolute Gasteiger partial charge is 0.271 e. The van der Waals surface area contributed by atoms with Crippen molar-refractivity contribution in [2.24, 2.45) is 0 Å². The minimum atomic E-state index is -0.187. The summed E-state index contributed by atoms with van der Waals surface area (Å²) in [5, 5.41) is 6.39. The predicted molar refractivity (Wildman–Crippen MR) is 96.1 cm³/mol. The molecule has 1 amide bonds. The number of aromatic nitrogens is 4. The Morgan fingerprint density at radius 3 is 3.12 bits per heavy atom. The molecule has 0 bridgehead atoms. The highest BCUT2D eigenvalue weighted by Crippen LogP contribution is 2.14. The highest BCUT2D eigenvalue weighted by molar-refractivity contribution is 5.93. The lowest BCUT2D eigenvalue weighted by Gasteiger charge is -2.32. The van der Waals surface area contributed by atoms with Gasteiger partial charge < -0.3 is 19.8 Å². The molecule has 8 nitrogen and oxygen atoms in total. The molecule has 2 atom stereocenters. The summed E-state index contributed by atoms with van der Waals surface area (Å²) in [5.74, 6) is 0.519. The number of hydrogen-bond acceptors (Lipinski definition) is 6. The molecule has 4 rings (SSSR count). The van der Waals surface area contributed by atoms with E-state index in [0.717, 1.165) is 17.6 Å². The molecule has 0 saturated carbocycles. The Hall–Kier alpha value is -3.00. The third-order valence-corrected chi connectivity index (χ3v) is 4.44. The third kappa shape index (κ3) is 3.50. The van der Waals surface area contributed by atoms with E-state index in [-0.39, 0.29) is 18.0 Å². The molecule has 134 valence electrons. The van der Waals surface area contributed by atoms with Crippen molar-refractivity contribution < 1.29 is 9.53 Å². The molecule has 26 heavy (non-hydrogen) atoms. The lowest BCUT2D eigenvalue weighted by atomic mass is 10.0. The fraction of sp³-hybridized carbons (Fsp3) is 0.333. The Morgan fingerprint density at radius 1 is 1.35 bits per heavy atom. The van der Waals surface area contributed by atoms with Crippen molar-refractivity contribution in [2.75, 3.05) is 18.5 Å². The summed E-state index contributed by atoms with van der Waals surface area (Å²) in [6.45, 7) is 3.11. The minimum Gasteiger partial charge on any atom is -0.379 e. The first-order chi connectivity index (χ1) is 12.7. The molecule has 2 N–H and O–H groups in total. The summed E-state index contributed by atoms with van der Waals surface area (Å²) < 4.78 is 7.41. The van der Waals surface area contributed by atoms with E-state index in [1.807, 2.05) is 29.7 Å². The number of carbonyl (C=O) groups excluding carboxylic acids is 1. The molecule has 0 unspecified atom stereocenters. The van der Waals surface area contributed by atoms with Gasteiger partial charge in [-0.15, -0.1) is 0 Å². The SMILES string of the molecule is Cc1ccn2cc(C(=O)N[C@H]3CCOC[C@H]3Nc3ccncn3)nc2c1. The molecule has 0 spiro atoms. The predicted octanol–water partition coefficient (Wildman–Crippen LogP) is 1.43. The molecule has 3 aromatic heterocycles. The van der Waals surface area contributed by atoms with Crippen molar-refractivity contribution in [1.82, 2.24) is 24.7 Å². The Morgan fingerprint density at radius 2 is 2.27 bits per heavy atom. The van der Waals surface area contributed by atoms with E-state index < -0.39 is 0 Å². The largest absolute Gasteiger partial charge is 0.379 e. The van der Waals surface area contributed by atoms with Gasteiger partial charge in [-0.3, -0.25) is 4.79 Å². The lowest BCUT2D eigenvalue weighted by molar-refractivity contribution is 0.0618. The summed E-state index contributed by atoms with van der Waals surface area (Å²) in [6, 6.07) is 5.58. The maximum atomic E-state index is 12.7. The quantitative estimate of drug-likeness (QED) is 0.738. The summed E-state index contributed by atoms with van der Waals surface area (Å²) >= 11 is 0. The minimum absolute atomic E-state index is 0.0677. The highest BCUT2D eigenvalue weighted by atomic mass is 16.5. The zero-order valence-corrected chi connectivity index (χ0v) is 14.4.